The summed E-state index contributed by atoms with van der Waals surface area (Å²) >= 11 is 0. The summed E-state index contributed by atoms with van der Waals surface area (Å²) in [5, 5.41) is 3.41. The first-order chi connectivity index (χ1) is 7.08. The Morgan fingerprint density at radius 2 is 2.13 bits per heavy atom. The van der Waals surface area contributed by atoms with E-state index in [1.807, 2.05) is 0 Å². The maximum absolute atomic E-state index is 12.4. The van der Waals surface area contributed by atoms with Crippen LogP contribution in [0.4, 0.5) is 8.78 Å². The molecule has 1 rings (SSSR count). The highest BCUT2D eigenvalue weighted by atomic mass is 19.3. The van der Waals surface area contributed by atoms with Crippen molar-refractivity contribution in [2.45, 2.75) is 51.0 Å². The first-order valence-corrected chi connectivity index (χ1v) is 5.77. The fraction of sp³-hybridized carbons (Fsp3) is 1.00. The Balaban J connectivity index is 2.03. The van der Waals surface area contributed by atoms with Crippen LogP contribution in [0.5, 0.6) is 0 Å². The number of hydrogen-bond donors (Lipinski definition) is 1. The van der Waals surface area contributed by atoms with E-state index in [1.54, 1.807) is 0 Å². The largest absolute Gasteiger partial charge is 0.375 e. The van der Waals surface area contributed by atoms with E-state index in [4.69, 9.17) is 4.74 Å². The molecule has 1 aliphatic rings. The van der Waals surface area contributed by atoms with Crippen molar-refractivity contribution < 1.29 is 13.5 Å². The van der Waals surface area contributed by atoms with Crippen LogP contribution in [0.2, 0.25) is 0 Å². The van der Waals surface area contributed by atoms with Crippen LogP contribution in [0.1, 0.15) is 39.0 Å². The Hall–Kier alpha value is -0.220. The first-order valence-electron chi connectivity index (χ1n) is 5.77. The summed E-state index contributed by atoms with van der Waals surface area (Å²) < 4.78 is 29.8. The zero-order valence-electron chi connectivity index (χ0n) is 9.40. The molecule has 1 aliphatic heterocycles. The summed E-state index contributed by atoms with van der Waals surface area (Å²) in [5.74, 6) is -2.70. The second-order valence-corrected chi connectivity index (χ2v) is 4.41. The molecule has 1 saturated heterocycles. The van der Waals surface area contributed by atoms with Crippen LogP contribution < -0.4 is 5.32 Å². The van der Waals surface area contributed by atoms with Gasteiger partial charge in [0.05, 0.1) is 0 Å². The van der Waals surface area contributed by atoms with Crippen molar-refractivity contribution in [3.63, 3.8) is 0 Å². The zero-order valence-corrected chi connectivity index (χ0v) is 9.40. The Labute approximate surface area is 90.4 Å². The van der Waals surface area contributed by atoms with Crippen molar-refractivity contribution in [1.82, 2.24) is 5.32 Å². The molecule has 15 heavy (non-hydrogen) atoms. The molecule has 0 spiro atoms. The first kappa shape index (κ1) is 12.8. The van der Waals surface area contributed by atoms with E-state index in [-0.39, 0.29) is 0 Å². The van der Waals surface area contributed by atoms with Gasteiger partial charge in [-0.25, -0.2) is 8.78 Å². The maximum Gasteiger partial charge on any atom is 0.268 e. The number of rotatable bonds is 5. The Morgan fingerprint density at radius 1 is 1.33 bits per heavy atom. The summed E-state index contributed by atoms with van der Waals surface area (Å²) in [6.45, 7) is 1.91. The van der Waals surface area contributed by atoms with Crippen LogP contribution in [0.15, 0.2) is 0 Å². The van der Waals surface area contributed by atoms with Crippen LogP contribution in [0.25, 0.3) is 0 Å². The quantitative estimate of drug-likeness (QED) is 0.720. The van der Waals surface area contributed by atoms with E-state index in [9.17, 15) is 8.78 Å². The summed E-state index contributed by atoms with van der Waals surface area (Å²) in [6, 6.07) is 0.456. The van der Waals surface area contributed by atoms with E-state index in [0.717, 1.165) is 26.3 Å². The second kappa shape index (κ2) is 6.38. The maximum atomic E-state index is 12.4. The van der Waals surface area contributed by atoms with Gasteiger partial charge in [0, 0.05) is 19.6 Å². The van der Waals surface area contributed by atoms with E-state index in [1.165, 1.54) is 19.3 Å². The molecule has 1 unspecified atom stereocenters. The number of halogens is 2. The van der Waals surface area contributed by atoms with Crippen LogP contribution in [0, 0.1) is 0 Å². The van der Waals surface area contributed by atoms with Crippen LogP contribution in [-0.2, 0) is 4.74 Å². The molecule has 0 aromatic carbocycles. The SMILES string of the molecule is CC(F)(F)COCCC1CCCCCN1. The molecule has 0 radical (unpaired) electrons. The molecule has 1 atom stereocenters. The molecule has 0 aromatic rings. The van der Waals surface area contributed by atoms with Gasteiger partial charge in [0.15, 0.2) is 0 Å². The third-order valence-electron chi connectivity index (χ3n) is 2.63. The number of hydrogen-bond acceptors (Lipinski definition) is 2. The van der Waals surface area contributed by atoms with Crippen molar-refractivity contribution in [1.29, 1.82) is 0 Å². The lowest BCUT2D eigenvalue weighted by molar-refractivity contribution is -0.0637. The lowest BCUT2D eigenvalue weighted by atomic mass is 10.1. The van der Waals surface area contributed by atoms with Gasteiger partial charge in [-0.05, 0) is 25.8 Å². The Kier molecular flexibility index (Phi) is 5.47. The molecule has 0 aromatic heterocycles. The van der Waals surface area contributed by atoms with E-state index in [2.05, 4.69) is 5.32 Å². The highest BCUT2D eigenvalue weighted by Crippen LogP contribution is 2.13. The van der Waals surface area contributed by atoms with Crippen LogP contribution in [-0.4, -0.2) is 31.7 Å². The smallest absolute Gasteiger partial charge is 0.268 e. The normalized spacial score (nSPS) is 23.8. The molecule has 90 valence electrons. The van der Waals surface area contributed by atoms with Gasteiger partial charge >= 0.3 is 0 Å². The Morgan fingerprint density at radius 3 is 2.87 bits per heavy atom. The van der Waals surface area contributed by atoms with Gasteiger partial charge in [0.2, 0.25) is 0 Å². The standard InChI is InChI=1S/C11H21F2NO/c1-11(12,13)9-15-8-6-10-5-3-2-4-7-14-10/h10,14H,2-9H2,1H3. The highest BCUT2D eigenvalue weighted by molar-refractivity contribution is 4.70. The monoisotopic (exact) mass is 221 g/mol. The fourth-order valence-electron chi connectivity index (χ4n) is 1.82. The molecule has 0 bridgehead atoms. The molecule has 1 fully saturated rings. The number of nitrogens with one attached hydrogen (secondary N) is 1. The van der Waals surface area contributed by atoms with Crippen LogP contribution in [0.3, 0.4) is 0 Å². The van der Waals surface area contributed by atoms with Gasteiger partial charge in [-0.15, -0.1) is 0 Å². The molecule has 4 heteroatoms. The average Bonchev–Trinajstić information content (AvgIpc) is 2.39. The predicted octanol–water partition coefficient (Wildman–Crippen LogP) is 2.58. The molecule has 1 heterocycles. The van der Waals surface area contributed by atoms with Gasteiger partial charge in [-0.1, -0.05) is 12.8 Å². The lowest BCUT2D eigenvalue weighted by Gasteiger charge is -2.16. The lowest BCUT2D eigenvalue weighted by Crippen LogP contribution is -2.30. The van der Waals surface area contributed by atoms with Crippen molar-refractivity contribution in [2.24, 2.45) is 0 Å². The van der Waals surface area contributed by atoms with Crippen molar-refractivity contribution in [2.75, 3.05) is 19.8 Å². The molecule has 2 nitrogen and oxygen atoms in total. The highest BCUT2D eigenvalue weighted by Gasteiger charge is 2.21. The second-order valence-electron chi connectivity index (χ2n) is 4.41. The minimum absolute atomic E-state index is 0.432. The van der Waals surface area contributed by atoms with Crippen molar-refractivity contribution >= 4 is 0 Å². The molecular weight excluding hydrogens is 200 g/mol. The van der Waals surface area contributed by atoms with Gasteiger partial charge in [-0.3, -0.25) is 0 Å². The average molecular weight is 221 g/mol. The minimum atomic E-state index is -2.70. The number of alkyl halides is 2. The molecule has 0 amide bonds. The summed E-state index contributed by atoms with van der Waals surface area (Å²) in [6.07, 6.45) is 5.73. The van der Waals surface area contributed by atoms with Gasteiger partial charge in [0.1, 0.15) is 6.61 Å². The molecule has 1 N–H and O–H groups in total. The molecule has 0 saturated carbocycles. The fourth-order valence-corrected chi connectivity index (χ4v) is 1.82. The topological polar surface area (TPSA) is 21.3 Å². The summed E-state index contributed by atoms with van der Waals surface area (Å²) in [4.78, 5) is 0. The van der Waals surface area contributed by atoms with Gasteiger partial charge in [0.25, 0.3) is 5.92 Å². The van der Waals surface area contributed by atoms with E-state index >= 15 is 0 Å². The number of ether oxygens (including phenoxy) is 1. The predicted molar refractivity (Wildman–Crippen MR) is 56.3 cm³/mol. The van der Waals surface area contributed by atoms with Gasteiger partial charge in [-0.2, -0.15) is 0 Å². The van der Waals surface area contributed by atoms with E-state index < -0.39 is 12.5 Å². The third-order valence-corrected chi connectivity index (χ3v) is 2.63. The van der Waals surface area contributed by atoms with Crippen LogP contribution >= 0.6 is 0 Å². The minimum Gasteiger partial charge on any atom is -0.375 e. The Bertz CT molecular complexity index is 162. The summed E-state index contributed by atoms with van der Waals surface area (Å²) in [5.41, 5.74) is 0. The van der Waals surface area contributed by atoms with E-state index in [0.29, 0.717) is 12.6 Å². The van der Waals surface area contributed by atoms with Crippen molar-refractivity contribution in [3.05, 3.63) is 0 Å². The van der Waals surface area contributed by atoms with Crippen molar-refractivity contribution in [3.8, 4) is 0 Å². The zero-order chi connectivity index (χ0) is 11.1. The molecule has 0 aliphatic carbocycles. The summed E-state index contributed by atoms with van der Waals surface area (Å²) in [7, 11) is 0. The third kappa shape index (κ3) is 6.79. The molecular formula is C11H21F2NO. The van der Waals surface area contributed by atoms with Gasteiger partial charge < -0.3 is 10.1 Å².